The molecule has 19 heavy (non-hydrogen) atoms. The van der Waals surface area contributed by atoms with Crippen LogP contribution in [0.25, 0.3) is 0 Å². The van der Waals surface area contributed by atoms with E-state index >= 15 is 0 Å². The van der Waals surface area contributed by atoms with Crippen molar-refractivity contribution in [3.63, 3.8) is 0 Å². The summed E-state index contributed by atoms with van der Waals surface area (Å²) >= 11 is 3.27. The first-order chi connectivity index (χ1) is 9.06. The van der Waals surface area contributed by atoms with Gasteiger partial charge in [-0.25, -0.2) is 8.78 Å². The van der Waals surface area contributed by atoms with E-state index in [1.54, 1.807) is 4.68 Å². The largest absolute Gasteiger partial charge is 0.382 e. The van der Waals surface area contributed by atoms with Crippen LogP contribution >= 0.6 is 15.9 Å². The second-order valence-electron chi connectivity index (χ2n) is 4.15. The van der Waals surface area contributed by atoms with Crippen LogP contribution in [0.2, 0.25) is 0 Å². The third-order valence-electron chi connectivity index (χ3n) is 2.80. The van der Waals surface area contributed by atoms with E-state index in [0.717, 1.165) is 12.5 Å². The van der Waals surface area contributed by atoms with Crippen LogP contribution in [0.5, 0.6) is 0 Å². The van der Waals surface area contributed by atoms with Crippen molar-refractivity contribution in [3.8, 4) is 0 Å². The number of nitrogens with zero attached hydrogens (tertiary/aromatic N) is 2. The summed E-state index contributed by atoms with van der Waals surface area (Å²) in [6.45, 7) is 2.56. The molecule has 2 rings (SSSR count). The molecule has 0 fully saturated rings. The Morgan fingerprint density at radius 2 is 2.16 bits per heavy atom. The van der Waals surface area contributed by atoms with Gasteiger partial charge in [-0.05, 0) is 28.4 Å². The van der Waals surface area contributed by atoms with E-state index in [-0.39, 0.29) is 5.56 Å². The Labute approximate surface area is 118 Å². The Morgan fingerprint density at radius 3 is 2.84 bits per heavy atom. The first-order valence-electron chi connectivity index (χ1n) is 5.89. The summed E-state index contributed by atoms with van der Waals surface area (Å²) in [5.74, 6) is -2.01. The Kier molecular flexibility index (Phi) is 4.31. The van der Waals surface area contributed by atoms with Crippen LogP contribution in [0, 0.1) is 11.6 Å². The molecule has 1 atom stereocenters. The van der Waals surface area contributed by atoms with E-state index < -0.39 is 17.7 Å². The summed E-state index contributed by atoms with van der Waals surface area (Å²) in [6.07, 6.45) is 1.09. The Morgan fingerprint density at radius 1 is 1.42 bits per heavy atom. The van der Waals surface area contributed by atoms with Crippen LogP contribution in [-0.4, -0.2) is 14.9 Å². The molecule has 1 unspecified atom stereocenters. The first kappa shape index (κ1) is 14.1. The standard InChI is InChI=1S/C13H13BrF2N2O/c1-2-6-18-12(9(14)7-17-18)13(19)8-4-3-5-10(15)11(8)16/h3-5,7,13,19H,2,6H2,1H3. The fraction of sp³-hybridized carbons (Fsp3) is 0.308. The summed E-state index contributed by atoms with van der Waals surface area (Å²) in [7, 11) is 0. The van der Waals surface area contributed by atoms with Crippen molar-refractivity contribution in [3.05, 3.63) is 51.8 Å². The number of hydrogen-bond donors (Lipinski definition) is 1. The van der Waals surface area contributed by atoms with Gasteiger partial charge < -0.3 is 5.11 Å². The average molecular weight is 331 g/mol. The normalized spacial score (nSPS) is 12.7. The van der Waals surface area contributed by atoms with Crippen LogP contribution in [0.15, 0.2) is 28.9 Å². The molecule has 0 spiro atoms. The van der Waals surface area contributed by atoms with Gasteiger partial charge in [0, 0.05) is 12.1 Å². The molecule has 2 aromatic rings. The number of halogens is 3. The van der Waals surface area contributed by atoms with Crippen LogP contribution in [-0.2, 0) is 6.54 Å². The van der Waals surface area contributed by atoms with Gasteiger partial charge in [0.05, 0.1) is 16.4 Å². The smallest absolute Gasteiger partial charge is 0.165 e. The first-order valence-corrected chi connectivity index (χ1v) is 6.68. The quantitative estimate of drug-likeness (QED) is 0.932. The fourth-order valence-corrected chi connectivity index (χ4v) is 2.43. The van der Waals surface area contributed by atoms with E-state index in [4.69, 9.17) is 0 Å². The maximum absolute atomic E-state index is 13.7. The molecule has 6 heteroatoms. The summed E-state index contributed by atoms with van der Waals surface area (Å²) in [6, 6.07) is 3.74. The van der Waals surface area contributed by atoms with Gasteiger partial charge in [0.25, 0.3) is 0 Å². The molecule has 1 aromatic carbocycles. The highest BCUT2D eigenvalue weighted by Gasteiger charge is 2.23. The number of benzene rings is 1. The van der Waals surface area contributed by atoms with Crippen LogP contribution in [0.3, 0.4) is 0 Å². The molecule has 3 nitrogen and oxygen atoms in total. The van der Waals surface area contributed by atoms with Crippen LogP contribution in [0.1, 0.15) is 30.7 Å². The van der Waals surface area contributed by atoms with E-state index in [2.05, 4.69) is 21.0 Å². The number of hydrogen-bond acceptors (Lipinski definition) is 2. The number of aromatic nitrogens is 2. The molecule has 0 saturated carbocycles. The van der Waals surface area contributed by atoms with Crippen molar-refractivity contribution in [1.29, 1.82) is 0 Å². The van der Waals surface area contributed by atoms with Gasteiger partial charge in [-0.3, -0.25) is 4.68 Å². The molecule has 1 aromatic heterocycles. The fourth-order valence-electron chi connectivity index (χ4n) is 1.91. The minimum absolute atomic E-state index is 0.0986. The lowest BCUT2D eigenvalue weighted by Gasteiger charge is -2.15. The highest BCUT2D eigenvalue weighted by molar-refractivity contribution is 9.10. The van der Waals surface area contributed by atoms with Gasteiger partial charge in [0.1, 0.15) is 6.10 Å². The molecule has 0 bridgehead atoms. The topological polar surface area (TPSA) is 38.0 Å². The maximum Gasteiger partial charge on any atom is 0.165 e. The Balaban J connectivity index is 2.46. The van der Waals surface area contributed by atoms with E-state index in [1.807, 2.05) is 6.92 Å². The highest BCUT2D eigenvalue weighted by Crippen LogP contribution is 2.30. The highest BCUT2D eigenvalue weighted by atomic mass is 79.9. The number of rotatable bonds is 4. The molecule has 0 radical (unpaired) electrons. The third-order valence-corrected chi connectivity index (χ3v) is 3.41. The number of aliphatic hydroxyl groups is 1. The van der Waals surface area contributed by atoms with Crippen molar-refractivity contribution >= 4 is 15.9 Å². The van der Waals surface area contributed by atoms with Gasteiger partial charge in [-0.15, -0.1) is 0 Å². The molecule has 0 aliphatic heterocycles. The predicted molar refractivity (Wildman–Crippen MR) is 70.6 cm³/mol. The monoisotopic (exact) mass is 330 g/mol. The van der Waals surface area contributed by atoms with Gasteiger partial charge in [-0.1, -0.05) is 19.1 Å². The number of aryl methyl sites for hydroxylation is 1. The van der Waals surface area contributed by atoms with Crippen molar-refractivity contribution in [2.45, 2.75) is 26.0 Å². The van der Waals surface area contributed by atoms with Crippen molar-refractivity contribution in [2.75, 3.05) is 0 Å². The minimum Gasteiger partial charge on any atom is -0.382 e. The SMILES string of the molecule is CCCn1ncc(Br)c1C(O)c1cccc(F)c1F. The lowest BCUT2D eigenvalue weighted by molar-refractivity contribution is 0.200. The second kappa shape index (κ2) is 5.79. The van der Waals surface area contributed by atoms with Crippen molar-refractivity contribution in [2.24, 2.45) is 0 Å². The zero-order valence-corrected chi connectivity index (χ0v) is 11.9. The van der Waals surface area contributed by atoms with Gasteiger partial charge in [0.2, 0.25) is 0 Å². The summed E-state index contributed by atoms with van der Waals surface area (Å²) in [4.78, 5) is 0. The van der Waals surface area contributed by atoms with Gasteiger partial charge >= 0.3 is 0 Å². The molecular weight excluding hydrogens is 318 g/mol. The van der Waals surface area contributed by atoms with Crippen molar-refractivity contribution < 1.29 is 13.9 Å². The van der Waals surface area contributed by atoms with Gasteiger partial charge in [0.15, 0.2) is 11.6 Å². The molecule has 0 amide bonds. The van der Waals surface area contributed by atoms with E-state index in [1.165, 1.54) is 18.3 Å². The number of aliphatic hydroxyl groups excluding tert-OH is 1. The summed E-state index contributed by atoms with van der Waals surface area (Å²) < 4.78 is 29.1. The molecular formula is C13H13BrF2N2O. The predicted octanol–water partition coefficient (Wildman–Crippen LogP) is 3.42. The van der Waals surface area contributed by atoms with E-state index in [9.17, 15) is 13.9 Å². The average Bonchev–Trinajstić information content (AvgIpc) is 2.74. The maximum atomic E-state index is 13.7. The van der Waals surface area contributed by atoms with Crippen LogP contribution < -0.4 is 0 Å². The van der Waals surface area contributed by atoms with Gasteiger partial charge in [-0.2, -0.15) is 5.10 Å². The molecule has 1 N–H and O–H groups in total. The van der Waals surface area contributed by atoms with Crippen LogP contribution in [0.4, 0.5) is 8.78 Å². The Bertz CT molecular complexity index is 586. The van der Waals surface area contributed by atoms with E-state index in [0.29, 0.717) is 16.7 Å². The van der Waals surface area contributed by atoms with Crippen molar-refractivity contribution in [1.82, 2.24) is 9.78 Å². The molecule has 0 saturated heterocycles. The Hall–Kier alpha value is -1.27. The summed E-state index contributed by atoms with van der Waals surface area (Å²) in [5.41, 5.74) is 0.324. The molecule has 0 aliphatic carbocycles. The molecule has 1 heterocycles. The molecule has 0 aliphatic rings. The lowest BCUT2D eigenvalue weighted by Crippen LogP contribution is -2.12. The summed E-state index contributed by atoms with van der Waals surface area (Å²) in [5, 5.41) is 14.4. The molecule has 102 valence electrons. The second-order valence-corrected chi connectivity index (χ2v) is 5.00. The lowest BCUT2D eigenvalue weighted by atomic mass is 10.1. The zero-order chi connectivity index (χ0) is 14.0. The zero-order valence-electron chi connectivity index (χ0n) is 10.3. The minimum atomic E-state index is -1.26. The third kappa shape index (κ3) is 2.69.